The van der Waals surface area contributed by atoms with E-state index in [4.69, 9.17) is 23.6 Å². The SMILES string of the molecule is CC/C=C\C/C=C\C/C=C\C/C=C\CCCCCCCCCCCOCC(COP(=O)(O)OCC(O)CO)OC(=O)CCCCCCC/C=C\CCCCCC. The van der Waals surface area contributed by atoms with E-state index in [0.29, 0.717) is 13.0 Å². The highest BCUT2D eigenvalue weighted by Crippen LogP contribution is 2.43. The Hall–Kier alpha value is -1.84. The van der Waals surface area contributed by atoms with Crippen LogP contribution in [0, 0.1) is 0 Å². The van der Waals surface area contributed by atoms with Crippen molar-refractivity contribution < 1.29 is 43.0 Å². The molecule has 0 saturated carbocycles. The average Bonchev–Trinajstić information content (AvgIpc) is 3.19. The minimum atomic E-state index is -4.52. The van der Waals surface area contributed by atoms with E-state index in [2.05, 4.69) is 74.6 Å². The van der Waals surface area contributed by atoms with Gasteiger partial charge >= 0.3 is 13.8 Å². The third kappa shape index (κ3) is 41.8. The van der Waals surface area contributed by atoms with Gasteiger partial charge in [0.05, 0.1) is 26.4 Å². The van der Waals surface area contributed by atoms with E-state index in [9.17, 15) is 19.4 Å². The molecule has 3 unspecified atom stereocenters. The number of aliphatic hydroxyl groups excluding tert-OH is 2. The van der Waals surface area contributed by atoms with Crippen molar-refractivity contribution in [3.63, 3.8) is 0 Å². The van der Waals surface area contributed by atoms with E-state index >= 15 is 0 Å². The van der Waals surface area contributed by atoms with Crippen molar-refractivity contribution in [2.24, 2.45) is 0 Å². The van der Waals surface area contributed by atoms with E-state index in [1.807, 2.05) is 0 Å². The first-order chi connectivity index (χ1) is 27.3. The Bertz CT molecular complexity index is 1060. The molecule has 0 heterocycles. The predicted molar refractivity (Wildman–Crippen MR) is 233 cm³/mol. The molecule has 326 valence electrons. The van der Waals surface area contributed by atoms with Gasteiger partial charge in [-0.05, 0) is 77.0 Å². The summed E-state index contributed by atoms with van der Waals surface area (Å²) < 4.78 is 33.4. The van der Waals surface area contributed by atoms with Crippen LogP contribution in [-0.4, -0.2) is 66.3 Å². The maximum Gasteiger partial charge on any atom is 0.472 e. The lowest BCUT2D eigenvalue weighted by atomic mass is 10.1. The van der Waals surface area contributed by atoms with Gasteiger partial charge in [0.25, 0.3) is 0 Å². The van der Waals surface area contributed by atoms with Crippen LogP contribution in [0.1, 0.15) is 181 Å². The average molecular weight is 811 g/mol. The van der Waals surface area contributed by atoms with Crippen LogP contribution in [0.5, 0.6) is 0 Å². The van der Waals surface area contributed by atoms with Crippen molar-refractivity contribution >= 4 is 13.8 Å². The number of hydrogen-bond donors (Lipinski definition) is 3. The lowest BCUT2D eigenvalue weighted by Gasteiger charge is -2.20. The molecular weight excluding hydrogens is 727 g/mol. The normalized spacial score (nSPS) is 14.6. The summed E-state index contributed by atoms with van der Waals surface area (Å²) in [7, 11) is -4.52. The molecule has 3 N–H and O–H groups in total. The summed E-state index contributed by atoms with van der Waals surface area (Å²) in [5, 5.41) is 18.3. The zero-order valence-electron chi connectivity index (χ0n) is 35.6. The number of ether oxygens (including phenoxy) is 2. The lowest BCUT2D eigenvalue weighted by molar-refractivity contribution is -0.154. The minimum Gasteiger partial charge on any atom is -0.457 e. The fourth-order valence-electron chi connectivity index (χ4n) is 5.81. The highest BCUT2D eigenvalue weighted by molar-refractivity contribution is 7.47. The molecule has 0 spiro atoms. The second kappa shape index (κ2) is 42.8. The van der Waals surface area contributed by atoms with Crippen LogP contribution in [0.2, 0.25) is 0 Å². The number of esters is 1. The lowest BCUT2D eigenvalue weighted by Crippen LogP contribution is -2.29. The third-order valence-corrected chi connectivity index (χ3v) is 10.1. The summed E-state index contributed by atoms with van der Waals surface area (Å²) in [5.41, 5.74) is 0. The van der Waals surface area contributed by atoms with Crippen LogP contribution in [0.4, 0.5) is 0 Å². The van der Waals surface area contributed by atoms with Crippen LogP contribution in [0.15, 0.2) is 60.8 Å². The van der Waals surface area contributed by atoms with Gasteiger partial charge in [-0.15, -0.1) is 0 Å². The molecule has 0 amide bonds. The van der Waals surface area contributed by atoms with Gasteiger partial charge in [-0.2, -0.15) is 0 Å². The molecule has 0 saturated heterocycles. The highest BCUT2D eigenvalue weighted by atomic mass is 31.2. The number of rotatable bonds is 42. The molecule has 3 atom stereocenters. The molecule has 0 aliphatic heterocycles. The van der Waals surface area contributed by atoms with Gasteiger partial charge in [0.2, 0.25) is 0 Å². The van der Waals surface area contributed by atoms with Crippen molar-refractivity contribution in [1.29, 1.82) is 0 Å². The summed E-state index contributed by atoms with van der Waals surface area (Å²) in [5.74, 6) is -0.396. The summed E-state index contributed by atoms with van der Waals surface area (Å²) in [6.45, 7) is 3.36. The van der Waals surface area contributed by atoms with Crippen molar-refractivity contribution in [2.75, 3.05) is 33.0 Å². The molecule has 56 heavy (non-hydrogen) atoms. The van der Waals surface area contributed by atoms with Crippen LogP contribution in [0.25, 0.3) is 0 Å². The molecule has 0 aromatic heterocycles. The van der Waals surface area contributed by atoms with Crippen LogP contribution in [0.3, 0.4) is 0 Å². The number of hydrogen-bond acceptors (Lipinski definition) is 8. The van der Waals surface area contributed by atoms with E-state index in [0.717, 1.165) is 83.5 Å². The largest absolute Gasteiger partial charge is 0.472 e. The molecule has 0 aliphatic carbocycles. The zero-order valence-corrected chi connectivity index (χ0v) is 36.5. The molecule has 10 heteroatoms. The number of phosphoric acid groups is 1. The Morgan fingerprint density at radius 3 is 1.55 bits per heavy atom. The maximum absolute atomic E-state index is 12.6. The van der Waals surface area contributed by atoms with Crippen molar-refractivity contribution in [1.82, 2.24) is 0 Å². The topological polar surface area (TPSA) is 132 Å². The molecule has 0 aromatic rings. The van der Waals surface area contributed by atoms with Gasteiger partial charge in [0.1, 0.15) is 12.2 Å². The van der Waals surface area contributed by atoms with Gasteiger partial charge in [0, 0.05) is 13.0 Å². The van der Waals surface area contributed by atoms with Gasteiger partial charge in [0.15, 0.2) is 0 Å². The van der Waals surface area contributed by atoms with E-state index in [-0.39, 0.29) is 19.6 Å². The number of unbranched alkanes of at least 4 members (excludes halogenated alkanes) is 18. The quantitative estimate of drug-likeness (QED) is 0.0239. The van der Waals surface area contributed by atoms with Gasteiger partial charge in [-0.25, -0.2) is 4.57 Å². The van der Waals surface area contributed by atoms with Gasteiger partial charge in [-0.3, -0.25) is 13.8 Å². The zero-order chi connectivity index (χ0) is 41.1. The summed E-state index contributed by atoms with van der Waals surface area (Å²) >= 11 is 0. The fourth-order valence-corrected chi connectivity index (χ4v) is 6.60. The van der Waals surface area contributed by atoms with Crippen molar-refractivity contribution in [3.05, 3.63) is 60.8 Å². The minimum absolute atomic E-state index is 0.0397. The molecular formula is C46H83O9P. The Morgan fingerprint density at radius 1 is 0.571 bits per heavy atom. The van der Waals surface area contributed by atoms with Gasteiger partial charge < -0.3 is 24.6 Å². The second-order valence-electron chi connectivity index (χ2n) is 14.7. The highest BCUT2D eigenvalue weighted by Gasteiger charge is 2.26. The Labute approximate surface area is 342 Å². The number of aliphatic hydroxyl groups is 2. The second-order valence-corrected chi connectivity index (χ2v) is 16.1. The molecule has 0 aromatic carbocycles. The first kappa shape index (κ1) is 54.2. The molecule has 0 radical (unpaired) electrons. The maximum atomic E-state index is 12.6. The molecule has 0 fully saturated rings. The summed E-state index contributed by atoms with van der Waals surface area (Å²) in [6, 6.07) is 0. The Balaban J connectivity index is 4.14. The van der Waals surface area contributed by atoms with E-state index < -0.39 is 39.2 Å². The van der Waals surface area contributed by atoms with E-state index in [1.165, 1.54) is 70.6 Å². The van der Waals surface area contributed by atoms with Crippen LogP contribution in [-0.2, 0) is 27.9 Å². The molecule has 0 rings (SSSR count). The van der Waals surface area contributed by atoms with Crippen LogP contribution < -0.4 is 0 Å². The molecule has 0 aliphatic rings. The summed E-state index contributed by atoms with van der Waals surface area (Å²) in [4.78, 5) is 22.6. The third-order valence-electron chi connectivity index (χ3n) is 9.19. The number of allylic oxidation sites excluding steroid dienone is 10. The monoisotopic (exact) mass is 811 g/mol. The smallest absolute Gasteiger partial charge is 0.457 e. The molecule has 9 nitrogen and oxygen atoms in total. The predicted octanol–water partition coefficient (Wildman–Crippen LogP) is 12.4. The van der Waals surface area contributed by atoms with E-state index in [1.54, 1.807) is 0 Å². The first-order valence-corrected chi connectivity index (χ1v) is 23.8. The Kier molecular flexibility index (Phi) is 41.4. The van der Waals surface area contributed by atoms with Crippen LogP contribution >= 0.6 is 7.82 Å². The number of phosphoric ester groups is 1. The van der Waals surface area contributed by atoms with Gasteiger partial charge in [-0.1, -0.05) is 158 Å². The fraction of sp³-hybridized carbons (Fsp3) is 0.761. The first-order valence-electron chi connectivity index (χ1n) is 22.3. The Morgan fingerprint density at radius 2 is 1.02 bits per heavy atom. The number of carbonyl (C=O) groups is 1. The summed E-state index contributed by atoms with van der Waals surface area (Å²) in [6.07, 6.45) is 48.9. The molecule has 0 bridgehead atoms. The standard InChI is InChI=1S/C46H83O9P/c1-3-5-7-9-11-13-15-17-18-19-20-21-22-23-24-25-27-29-31-33-35-37-39-52-42-45(43-54-56(50,51)53-41-44(48)40-47)55-46(49)38-36-34-32-30-28-26-16-14-12-10-8-6-4-2/h5,7,11,13-14,16-18,20-21,44-45,47-48H,3-4,6,8-10,12,15,19,22-43H2,1-2H3,(H,50,51)/b7-5-,13-11-,16-14-,18-17-,21-20-. The number of carbonyl (C=O) groups excluding carboxylic acids is 1. The van der Waals surface area contributed by atoms with Crippen molar-refractivity contribution in [3.8, 4) is 0 Å². The van der Waals surface area contributed by atoms with Crippen molar-refractivity contribution in [2.45, 2.75) is 193 Å².